The maximum Gasteiger partial charge on any atom is 0.225 e. The monoisotopic (exact) mass is 393 g/mol. The van der Waals surface area contributed by atoms with Gasteiger partial charge in [-0.15, -0.1) is 0 Å². The van der Waals surface area contributed by atoms with Gasteiger partial charge in [-0.1, -0.05) is 18.2 Å². The van der Waals surface area contributed by atoms with Crippen LogP contribution in [0.4, 0.5) is 5.69 Å². The van der Waals surface area contributed by atoms with E-state index in [-0.39, 0.29) is 11.8 Å². The number of aromatic nitrogens is 3. The summed E-state index contributed by atoms with van der Waals surface area (Å²) in [7, 11) is 1.72. The number of aliphatic imine (C=N–C) groups is 1. The highest BCUT2D eigenvalue weighted by molar-refractivity contribution is 5.94. The molecule has 1 atom stereocenters. The molecule has 4 N–H and O–H groups in total. The van der Waals surface area contributed by atoms with Crippen LogP contribution in [0.5, 0.6) is 0 Å². The number of furan rings is 1. The topological polar surface area (TPSA) is 120 Å². The van der Waals surface area contributed by atoms with Gasteiger partial charge in [0.2, 0.25) is 11.7 Å². The van der Waals surface area contributed by atoms with Crippen molar-refractivity contribution in [1.29, 1.82) is 0 Å². The van der Waals surface area contributed by atoms with Crippen molar-refractivity contribution in [3.05, 3.63) is 54.0 Å². The quantitative estimate of drug-likeness (QED) is 0.375. The van der Waals surface area contributed by atoms with E-state index in [4.69, 9.17) is 4.42 Å². The minimum Gasteiger partial charge on any atom is -0.461 e. The second-order valence-corrected chi connectivity index (χ2v) is 6.75. The Kier molecular flexibility index (Phi) is 5.55. The van der Waals surface area contributed by atoms with Crippen LogP contribution in [0, 0.1) is 0 Å². The Balaban J connectivity index is 1.28. The van der Waals surface area contributed by atoms with Crippen molar-refractivity contribution in [2.75, 3.05) is 25.5 Å². The van der Waals surface area contributed by atoms with Crippen molar-refractivity contribution in [3.8, 4) is 11.6 Å². The normalized spacial score (nSPS) is 16.2. The van der Waals surface area contributed by atoms with Gasteiger partial charge in [0.05, 0.1) is 6.26 Å². The number of rotatable bonds is 6. The molecule has 29 heavy (non-hydrogen) atoms. The predicted molar refractivity (Wildman–Crippen MR) is 110 cm³/mol. The molecule has 9 nitrogen and oxygen atoms in total. The number of hydrogen-bond acceptors (Lipinski definition) is 5. The first-order valence-electron chi connectivity index (χ1n) is 9.51. The summed E-state index contributed by atoms with van der Waals surface area (Å²) in [6.45, 7) is 1.25. The summed E-state index contributed by atoms with van der Waals surface area (Å²) in [5, 5.41) is 16.6. The van der Waals surface area contributed by atoms with Crippen LogP contribution >= 0.6 is 0 Å². The average molecular weight is 393 g/mol. The van der Waals surface area contributed by atoms with Crippen molar-refractivity contribution in [1.82, 2.24) is 25.8 Å². The lowest BCUT2D eigenvalue weighted by molar-refractivity contribution is -0.116. The summed E-state index contributed by atoms with van der Waals surface area (Å²) >= 11 is 0. The van der Waals surface area contributed by atoms with Gasteiger partial charge in [-0.3, -0.25) is 14.9 Å². The number of nitrogens with one attached hydrogen (secondary N) is 4. The van der Waals surface area contributed by atoms with Gasteiger partial charge in [-0.05, 0) is 23.8 Å². The fourth-order valence-electron chi connectivity index (χ4n) is 3.35. The third-order valence-electron chi connectivity index (χ3n) is 4.77. The first kappa shape index (κ1) is 18.7. The number of hydrogen-bond donors (Lipinski definition) is 4. The Morgan fingerprint density at radius 2 is 2.17 bits per heavy atom. The Bertz CT molecular complexity index is 994. The molecule has 0 bridgehead atoms. The third kappa shape index (κ3) is 4.45. The number of amides is 1. The van der Waals surface area contributed by atoms with E-state index in [9.17, 15) is 4.79 Å². The van der Waals surface area contributed by atoms with Crippen LogP contribution in [-0.2, 0) is 11.2 Å². The number of aromatic amines is 1. The summed E-state index contributed by atoms with van der Waals surface area (Å²) in [4.78, 5) is 20.6. The van der Waals surface area contributed by atoms with E-state index >= 15 is 0 Å². The largest absolute Gasteiger partial charge is 0.461 e. The average Bonchev–Trinajstić information content (AvgIpc) is 3.42. The van der Waals surface area contributed by atoms with Crippen LogP contribution in [-0.4, -0.2) is 47.2 Å². The van der Waals surface area contributed by atoms with Crippen LogP contribution < -0.4 is 16.0 Å². The first-order valence-corrected chi connectivity index (χ1v) is 9.51. The molecule has 0 fully saturated rings. The van der Waals surface area contributed by atoms with Crippen molar-refractivity contribution < 1.29 is 9.21 Å². The van der Waals surface area contributed by atoms with Gasteiger partial charge in [-0.25, -0.2) is 4.98 Å². The van der Waals surface area contributed by atoms with E-state index in [1.165, 1.54) is 0 Å². The SMILES string of the molecule is CN=C(NCCc1nc(-c2ccco2)n[nH]1)NCC1CC(=O)Nc2ccccc21. The minimum absolute atomic E-state index is 0.0381. The van der Waals surface area contributed by atoms with E-state index < -0.39 is 0 Å². The molecule has 1 aliphatic rings. The molecule has 9 heteroatoms. The van der Waals surface area contributed by atoms with Gasteiger partial charge in [-0.2, -0.15) is 5.10 Å². The minimum atomic E-state index is 0.0381. The highest BCUT2D eigenvalue weighted by Crippen LogP contribution is 2.31. The molecule has 0 spiro atoms. The molecular formula is C20H23N7O2. The van der Waals surface area contributed by atoms with Crippen molar-refractivity contribution >= 4 is 17.6 Å². The number of carbonyl (C=O) groups excluding carboxylic acids is 1. The lowest BCUT2D eigenvalue weighted by Gasteiger charge is -2.26. The highest BCUT2D eigenvalue weighted by atomic mass is 16.3. The number of nitrogens with zero attached hydrogens (tertiary/aromatic N) is 3. The molecule has 2 aromatic heterocycles. The number of benzene rings is 1. The summed E-state index contributed by atoms with van der Waals surface area (Å²) in [6.07, 6.45) is 2.70. The lowest BCUT2D eigenvalue weighted by Crippen LogP contribution is -2.41. The van der Waals surface area contributed by atoms with Crippen molar-refractivity contribution in [2.45, 2.75) is 18.8 Å². The second-order valence-electron chi connectivity index (χ2n) is 6.75. The number of guanidine groups is 1. The van der Waals surface area contributed by atoms with E-state index in [0.717, 1.165) is 17.1 Å². The fourth-order valence-corrected chi connectivity index (χ4v) is 3.35. The lowest BCUT2D eigenvalue weighted by atomic mass is 9.90. The molecule has 150 valence electrons. The molecule has 0 radical (unpaired) electrons. The Hall–Kier alpha value is -3.62. The summed E-state index contributed by atoms with van der Waals surface area (Å²) < 4.78 is 5.30. The van der Waals surface area contributed by atoms with Crippen molar-refractivity contribution in [3.63, 3.8) is 0 Å². The predicted octanol–water partition coefficient (Wildman–Crippen LogP) is 1.90. The van der Waals surface area contributed by atoms with Crippen LogP contribution in [0.3, 0.4) is 0 Å². The smallest absolute Gasteiger partial charge is 0.225 e. The summed E-state index contributed by atoms with van der Waals surface area (Å²) in [5.41, 5.74) is 2.03. The van der Waals surface area contributed by atoms with Gasteiger partial charge in [0, 0.05) is 44.6 Å². The summed E-state index contributed by atoms with van der Waals surface area (Å²) in [6, 6.07) is 11.5. The maximum absolute atomic E-state index is 12.0. The van der Waals surface area contributed by atoms with Gasteiger partial charge in [0.25, 0.3) is 0 Å². The molecule has 1 amide bonds. The van der Waals surface area contributed by atoms with Gasteiger partial charge >= 0.3 is 0 Å². The molecule has 4 rings (SSSR count). The molecule has 1 aromatic carbocycles. The Morgan fingerprint density at radius 3 is 3.00 bits per heavy atom. The van der Waals surface area contributed by atoms with Gasteiger partial charge in [0.15, 0.2) is 11.7 Å². The number of H-pyrrole nitrogens is 1. The van der Waals surface area contributed by atoms with Crippen LogP contribution in [0.2, 0.25) is 0 Å². The van der Waals surface area contributed by atoms with E-state index in [1.54, 1.807) is 19.4 Å². The standard InChI is InChI=1S/C20H23N7O2/c1-21-20(22-9-8-17-25-19(27-26-17)16-7-4-10-29-16)23-12-13-11-18(28)24-15-6-3-2-5-14(13)15/h2-7,10,13H,8-9,11-12H2,1H3,(H,24,28)(H2,21,22,23)(H,25,26,27). The zero-order chi connectivity index (χ0) is 20.1. The van der Waals surface area contributed by atoms with Crippen molar-refractivity contribution in [2.24, 2.45) is 4.99 Å². The Labute approximate surface area is 168 Å². The number of para-hydroxylation sites is 1. The highest BCUT2D eigenvalue weighted by Gasteiger charge is 2.24. The zero-order valence-corrected chi connectivity index (χ0v) is 16.1. The Morgan fingerprint density at radius 1 is 1.28 bits per heavy atom. The fraction of sp³-hybridized carbons (Fsp3) is 0.300. The van der Waals surface area contributed by atoms with E-state index in [2.05, 4.69) is 42.2 Å². The van der Waals surface area contributed by atoms with Gasteiger partial charge in [0.1, 0.15) is 5.82 Å². The van der Waals surface area contributed by atoms with Crippen LogP contribution in [0.15, 0.2) is 52.1 Å². The van der Waals surface area contributed by atoms with Crippen LogP contribution in [0.1, 0.15) is 23.7 Å². The number of carbonyl (C=O) groups is 1. The maximum atomic E-state index is 12.0. The first-order chi connectivity index (χ1) is 14.2. The van der Waals surface area contributed by atoms with E-state index in [1.807, 2.05) is 24.3 Å². The second kappa shape index (κ2) is 8.59. The van der Waals surface area contributed by atoms with Crippen LogP contribution in [0.25, 0.3) is 11.6 Å². The molecular weight excluding hydrogens is 370 g/mol. The molecule has 3 heterocycles. The van der Waals surface area contributed by atoms with Gasteiger partial charge < -0.3 is 20.4 Å². The molecule has 3 aromatic rings. The molecule has 0 saturated heterocycles. The molecule has 1 aliphatic heterocycles. The molecule has 0 aliphatic carbocycles. The molecule has 0 saturated carbocycles. The molecule has 1 unspecified atom stereocenters. The number of anilines is 1. The third-order valence-corrected chi connectivity index (χ3v) is 4.77. The zero-order valence-electron chi connectivity index (χ0n) is 16.1. The summed E-state index contributed by atoms with van der Waals surface area (Å²) in [5.74, 6) is 2.76. The van der Waals surface area contributed by atoms with E-state index in [0.29, 0.717) is 43.5 Å². The number of fused-ring (bicyclic) bond motifs is 1.